The van der Waals surface area contributed by atoms with Gasteiger partial charge in [-0.05, 0) is 31.2 Å². The van der Waals surface area contributed by atoms with Crippen molar-refractivity contribution in [3.63, 3.8) is 0 Å². The van der Waals surface area contributed by atoms with Crippen LogP contribution in [0.1, 0.15) is 26.7 Å². The quantitative estimate of drug-likeness (QED) is 0.841. The maximum Gasteiger partial charge on any atom is 0.150 e. The summed E-state index contributed by atoms with van der Waals surface area (Å²) in [5.41, 5.74) is 0.410. The van der Waals surface area contributed by atoms with Crippen LogP contribution in [0.4, 0.5) is 14.5 Å². The topological polar surface area (TPSA) is 12.0 Å². The molecule has 2 rings (SSSR count). The van der Waals surface area contributed by atoms with Crippen LogP contribution in [0, 0.1) is 17.0 Å². The van der Waals surface area contributed by atoms with E-state index in [0.29, 0.717) is 0 Å². The lowest BCUT2D eigenvalue weighted by Gasteiger charge is -2.22. The molecule has 0 aliphatic heterocycles. The first-order valence-electron chi connectivity index (χ1n) is 5.33. The summed E-state index contributed by atoms with van der Waals surface area (Å²) < 4.78 is 26.3. The van der Waals surface area contributed by atoms with Gasteiger partial charge in [0.05, 0.1) is 10.7 Å². The molecule has 0 aromatic heterocycles. The van der Waals surface area contributed by atoms with Crippen LogP contribution < -0.4 is 5.32 Å². The van der Waals surface area contributed by atoms with Crippen LogP contribution in [0.2, 0.25) is 5.02 Å². The van der Waals surface area contributed by atoms with Gasteiger partial charge in [-0.25, -0.2) is 8.78 Å². The Balaban J connectivity index is 2.21. The van der Waals surface area contributed by atoms with E-state index in [-0.39, 0.29) is 22.2 Å². The molecule has 1 aromatic carbocycles. The Morgan fingerprint density at radius 3 is 2.50 bits per heavy atom. The Bertz CT molecular complexity index is 392. The van der Waals surface area contributed by atoms with E-state index in [1.54, 1.807) is 0 Å². The number of rotatable bonds is 3. The predicted molar refractivity (Wildman–Crippen MR) is 61.8 cm³/mol. The summed E-state index contributed by atoms with van der Waals surface area (Å²) in [7, 11) is 0. The minimum absolute atomic E-state index is 0.0913. The van der Waals surface area contributed by atoms with Crippen molar-refractivity contribution in [2.45, 2.75) is 32.7 Å². The van der Waals surface area contributed by atoms with Gasteiger partial charge in [-0.2, -0.15) is 0 Å². The Labute approximate surface area is 98.8 Å². The van der Waals surface area contributed by atoms with E-state index in [0.717, 1.165) is 25.0 Å². The highest BCUT2D eigenvalue weighted by Crippen LogP contribution is 2.49. The van der Waals surface area contributed by atoms with Gasteiger partial charge in [0, 0.05) is 12.1 Å². The molecule has 0 radical (unpaired) electrons. The Hall–Kier alpha value is -0.830. The van der Waals surface area contributed by atoms with Crippen molar-refractivity contribution in [1.29, 1.82) is 0 Å². The van der Waals surface area contributed by atoms with E-state index in [4.69, 9.17) is 11.6 Å². The van der Waals surface area contributed by atoms with Gasteiger partial charge in [0.2, 0.25) is 0 Å². The minimum Gasteiger partial charge on any atom is -0.378 e. The van der Waals surface area contributed by atoms with Gasteiger partial charge in [-0.1, -0.05) is 18.5 Å². The molecule has 4 heteroatoms. The number of hydrogen-bond acceptors (Lipinski definition) is 1. The fourth-order valence-electron chi connectivity index (χ4n) is 1.70. The van der Waals surface area contributed by atoms with E-state index in [1.165, 1.54) is 0 Å². The molecule has 0 spiro atoms. The lowest BCUT2D eigenvalue weighted by Crippen LogP contribution is -2.25. The van der Waals surface area contributed by atoms with Gasteiger partial charge < -0.3 is 5.32 Å². The van der Waals surface area contributed by atoms with Gasteiger partial charge in [0.15, 0.2) is 5.82 Å². The molecule has 1 N–H and O–H groups in total. The largest absolute Gasteiger partial charge is 0.378 e. The highest BCUT2D eigenvalue weighted by Gasteiger charge is 2.42. The van der Waals surface area contributed by atoms with Crippen LogP contribution >= 0.6 is 11.6 Å². The highest BCUT2D eigenvalue weighted by atomic mass is 35.5. The molecule has 0 bridgehead atoms. The summed E-state index contributed by atoms with van der Waals surface area (Å²) in [6.07, 6.45) is 2.25. The normalized spacial score (nSPS) is 19.3. The predicted octanol–water partition coefficient (Wildman–Crippen LogP) is 4.22. The minimum atomic E-state index is -0.654. The fourth-order valence-corrected chi connectivity index (χ4v) is 1.95. The van der Waals surface area contributed by atoms with Gasteiger partial charge in [0.25, 0.3) is 0 Å². The molecule has 1 fully saturated rings. The number of nitrogens with one attached hydrogen (secondary N) is 1. The molecule has 0 saturated heterocycles. The summed E-state index contributed by atoms with van der Waals surface area (Å²) in [5.74, 6) is -1.29. The molecule has 1 aromatic rings. The molecular formula is C12H14ClF2N. The van der Waals surface area contributed by atoms with Crippen molar-refractivity contribution in [3.8, 4) is 0 Å². The zero-order valence-corrected chi connectivity index (χ0v) is 10.0. The third-order valence-corrected chi connectivity index (χ3v) is 3.75. The number of anilines is 1. The second kappa shape index (κ2) is 3.88. The Morgan fingerprint density at radius 1 is 1.38 bits per heavy atom. The third kappa shape index (κ3) is 2.14. The van der Waals surface area contributed by atoms with E-state index in [1.807, 2.05) is 6.92 Å². The van der Waals surface area contributed by atoms with Crippen LogP contribution in [-0.2, 0) is 0 Å². The second-order valence-electron chi connectivity index (χ2n) is 4.76. The zero-order valence-electron chi connectivity index (χ0n) is 9.28. The van der Waals surface area contributed by atoms with Crippen molar-refractivity contribution < 1.29 is 8.78 Å². The summed E-state index contributed by atoms with van der Waals surface area (Å²) in [5, 5.41) is 3.13. The average Bonchev–Trinajstić information content (AvgIpc) is 2.91. The van der Waals surface area contributed by atoms with Crippen molar-refractivity contribution in [3.05, 3.63) is 28.8 Å². The van der Waals surface area contributed by atoms with Crippen LogP contribution in [0.3, 0.4) is 0 Å². The molecule has 1 nitrogen and oxygen atoms in total. The van der Waals surface area contributed by atoms with E-state index in [9.17, 15) is 8.78 Å². The summed E-state index contributed by atoms with van der Waals surface area (Å²) in [6, 6.07) is 2.09. The van der Waals surface area contributed by atoms with Gasteiger partial charge in [-0.15, -0.1) is 0 Å². The van der Waals surface area contributed by atoms with Crippen molar-refractivity contribution in [2.24, 2.45) is 5.41 Å². The number of hydrogen-bond donors (Lipinski definition) is 1. The maximum atomic E-state index is 13.5. The van der Waals surface area contributed by atoms with E-state index < -0.39 is 11.6 Å². The van der Waals surface area contributed by atoms with E-state index in [2.05, 4.69) is 12.2 Å². The summed E-state index contributed by atoms with van der Waals surface area (Å²) in [4.78, 5) is 0. The summed E-state index contributed by atoms with van der Waals surface area (Å²) in [6.45, 7) is 4.13. The van der Waals surface area contributed by atoms with Crippen LogP contribution in [0.5, 0.6) is 0 Å². The Morgan fingerprint density at radius 2 is 2.00 bits per heavy atom. The lowest BCUT2D eigenvalue weighted by molar-refractivity contribution is 0.489. The van der Waals surface area contributed by atoms with Crippen molar-refractivity contribution in [1.82, 2.24) is 0 Å². The highest BCUT2D eigenvalue weighted by molar-refractivity contribution is 6.33. The molecule has 16 heavy (non-hydrogen) atoms. The lowest BCUT2D eigenvalue weighted by atomic mass is 10.0. The first-order valence-corrected chi connectivity index (χ1v) is 5.71. The van der Waals surface area contributed by atoms with Gasteiger partial charge in [0.1, 0.15) is 5.82 Å². The molecule has 0 heterocycles. The average molecular weight is 246 g/mol. The van der Waals surface area contributed by atoms with Gasteiger partial charge in [-0.3, -0.25) is 0 Å². The van der Waals surface area contributed by atoms with Gasteiger partial charge >= 0.3 is 0 Å². The SMILES string of the molecule is CC(Nc1c(F)cc(F)cc1Cl)C1(C)CC1. The maximum absolute atomic E-state index is 13.5. The molecule has 1 atom stereocenters. The molecule has 1 aliphatic carbocycles. The fraction of sp³-hybridized carbons (Fsp3) is 0.500. The van der Waals surface area contributed by atoms with Crippen molar-refractivity contribution in [2.75, 3.05) is 5.32 Å². The number of halogens is 3. The molecule has 88 valence electrons. The first-order chi connectivity index (χ1) is 7.42. The molecule has 0 amide bonds. The molecule has 1 saturated carbocycles. The monoisotopic (exact) mass is 245 g/mol. The van der Waals surface area contributed by atoms with Crippen LogP contribution in [-0.4, -0.2) is 6.04 Å². The van der Waals surface area contributed by atoms with Crippen LogP contribution in [0.25, 0.3) is 0 Å². The first kappa shape index (κ1) is 11.6. The summed E-state index contributed by atoms with van der Waals surface area (Å²) >= 11 is 5.81. The number of benzene rings is 1. The second-order valence-corrected chi connectivity index (χ2v) is 5.17. The third-order valence-electron chi connectivity index (χ3n) is 3.45. The smallest absolute Gasteiger partial charge is 0.150 e. The Kier molecular flexibility index (Phi) is 2.82. The molecule has 1 aliphatic rings. The molecule has 1 unspecified atom stereocenters. The van der Waals surface area contributed by atoms with E-state index >= 15 is 0 Å². The zero-order chi connectivity index (χ0) is 11.9. The standard InChI is InChI=1S/C12H14ClF2N/c1-7(12(2)3-4-12)16-11-9(13)5-8(14)6-10(11)15/h5-7,16H,3-4H2,1-2H3. The van der Waals surface area contributed by atoms with Crippen molar-refractivity contribution >= 4 is 17.3 Å². The van der Waals surface area contributed by atoms with Crippen LogP contribution in [0.15, 0.2) is 12.1 Å². The molecular weight excluding hydrogens is 232 g/mol.